The van der Waals surface area contributed by atoms with Crippen LogP contribution in [0, 0.1) is 0 Å². The molecule has 0 saturated carbocycles. The summed E-state index contributed by atoms with van der Waals surface area (Å²) in [5.41, 5.74) is 1.60. The van der Waals surface area contributed by atoms with Crippen LogP contribution in [0.4, 0.5) is 5.13 Å². The first-order valence-electron chi connectivity index (χ1n) is 7.56. The summed E-state index contributed by atoms with van der Waals surface area (Å²) < 4.78 is 7.41. The number of rotatable bonds is 4. The second-order valence-corrected chi connectivity index (χ2v) is 6.35. The Balaban J connectivity index is 1.43. The number of thiazole rings is 1. The number of pyridine rings is 1. The number of carbonyl (C=O) groups is 1. The van der Waals surface area contributed by atoms with Gasteiger partial charge in [0.2, 0.25) is 0 Å². The predicted molar refractivity (Wildman–Crippen MR) is 87.5 cm³/mol. The number of fused-ring (bicyclic) bond motifs is 1. The Morgan fingerprint density at radius 2 is 2.39 bits per heavy atom. The Hall–Kier alpha value is -2.41. The molecule has 3 aromatic rings. The number of aromatic nitrogens is 3. The van der Waals surface area contributed by atoms with E-state index in [2.05, 4.69) is 9.97 Å². The summed E-state index contributed by atoms with van der Waals surface area (Å²) in [5.74, 6) is -0.199. The lowest BCUT2D eigenvalue weighted by atomic mass is 10.2. The van der Waals surface area contributed by atoms with Gasteiger partial charge in [-0.3, -0.25) is 0 Å². The van der Waals surface area contributed by atoms with Gasteiger partial charge < -0.3 is 14.0 Å². The van der Waals surface area contributed by atoms with Crippen LogP contribution in [0.2, 0.25) is 0 Å². The molecule has 1 atom stereocenters. The van der Waals surface area contributed by atoms with E-state index in [1.165, 1.54) is 0 Å². The molecule has 0 spiro atoms. The van der Waals surface area contributed by atoms with E-state index in [4.69, 9.17) is 4.74 Å². The fourth-order valence-electron chi connectivity index (χ4n) is 2.90. The third kappa shape index (κ3) is 2.79. The number of hydrogen-bond acceptors (Lipinski definition) is 6. The standard InChI is InChI=1S/C16H16N4O2S/c21-15(13-4-3-8-20(13)16-17-6-9-23-16)22-11-12-10-19-7-2-1-5-14(19)18-12/h1-2,5-7,9-10,13H,3-4,8,11H2/t13-/m0/s1. The zero-order chi connectivity index (χ0) is 15.6. The van der Waals surface area contributed by atoms with E-state index in [1.807, 2.05) is 45.3 Å². The third-order valence-electron chi connectivity index (χ3n) is 3.97. The lowest BCUT2D eigenvalue weighted by Gasteiger charge is -2.22. The van der Waals surface area contributed by atoms with Crippen molar-refractivity contribution in [3.63, 3.8) is 0 Å². The van der Waals surface area contributed by atoms with E-state index in [0.29, 0.717) is 0 Å². The zero-order valence-corrected chi connectivity index (χ0v) is 13.3. The largest absolute Gasteiger partial charge is 0.458 e. The van der Waals surface area contributed by atoms with Gasteiger partial charge in [0.05, 0.1) is 5.69 Å². The molecule has 0 N–H and O–H groups in total. The Morgan fingerprint density at radius 3 is 3.22 bits per heavy atom. The van der Waals surface area contributed by atoms with Crippen LogP contribution in [0.5, 0.6) is 0 Å². The topological polar surface area (TPSA) is 59.7 Å². The minimum absolute atomic E-state index is 0.197. The van der Waals surface area contributed by atoms with Crippen molar-refractivity contribution in [2.75, 3.05) is 11.4 Å². The number of imidazole rings is 1. The number of esters is 1. The molecule has 0 aliphatic carbocycles. The molecule has 1 fully saturated rings. The van der Waals surface area contributed by atoms with Crippen molar-refractivity contribution in [2.45, 2.75) is 25.5 Å². The number of ether oxygens (including phenoxy) is 1. The molecule has 3 aromatic heterocycles. The highest BCUT2D eigenvalue weighted by Crippen LogP contribution is 2.28. The monoisotopic (exact) mass is 328 g/mol. The summed E-state index contributed by atoms with van der Waals surface area (Å²) in [4.78, 5) is 23.2. The zero-order valence-electron chi connectivity index (χ0n) is 12.5. The first kappa shape index (κ1) is 14.2. The van der Waals surface area contributed by atoms with Crippen molar-refractivity contribution in [3.05, 3.63) is 47.9 Å². The highest BCUT2D eigenvalue weighted by molar-refractivity contribution is 7.13. The highest BCUT2D eigenvalue weighted by atomic mass is 32.1. The number of hydrogen-bond donors (Lipinski definition) is 0. The minimum atomic E-state index is -0.238. The normalized spacial score (nSPS) is 17.7. The van der Waals surface area contributed by atoms with Crippen molar-refractivity contribution in [1.29, 1.82) is 0 Å². The Kier molecular flexibility index (Phi) is 3.70. The molecule has 6 nitrogen and oxygen atoms in total. The lowest BCUT2D eigenvalue weighted by molar-refractivity contribution is -0.146. The molecule has 0 radical (unpaired) electrons. The van der Waals surface area contributed by atoms with Crippen molar-refractivity contribution >= 4 is 28.1 Å². The number of anilines is 1. The molecule has 1 saturated heterocycles. The van der Waals surface area contributed by atoms with Crippen LogP contribution in [0.1, 0.15) is 18.5 Å². The quantitative estimate of drug-likeness (QED) is 0.689. The minimum Gasteiger partial charge on any atom is -0.458 e. The molecule has 23 heavy (non-hydrogen) atoms. The smallest absolute Gasteiger partial charge is 0.329 e. The summed E-state index contributed by atoms with van der Waals surface area (Å²) >= 11 is 1.55. The van der Waals surface area contributed by atoms with Gasteiger partial charge in [0, 0.05) is 30.5 Å². The molecule has 0 bridgehead atoms. The average Bonchev–Trinajstić information content (AvgIpc) is 3.31. The highest BCUT2D eigenvalue weighted by Gasteiger charge is 2.33. The van der Waals surface area contributed by atoms with E-state index in [-0.39, 0.29) is 18.6 Å². The maximum atomic E-state index is 12.4. The maximum Gasteiger partial charge on any atom is 0.329 e. The molecule has 0 unspecified atom stereocenters. The van der Waals surface area contributed by atoms with Crippen molar-refractivity contribution in [2.24, 2.45) is 0 Å². The molecule has 1 aliphatic rings. The van der Waals surface area contributed by atoms with Gasteiger partial charge in [0.15, 0.2) is 5.13 Å². The summed E-state index contributed by atoms with van der Waals surface area (Å²) in [6.07, 6.45) is 7.36. The number of carbonyl (C=O) groups excluding carboxylic acids is 1. The van der Waals surface area contributed by atoms with Gasteiger partial charge in [-0.15, -0.1) is 11.3 Å². The van der Waals surface area contributed by atoms with Crippen LogP contribution in [0.25, 0.3) is 5.65 Å². The van der Waals surface area contributed by atoms with Gasteiger partial charge in [0.1, 0.15) is 18.3 Å². The third-order valence-corrected chi connectivity index (χ3v) is 4.77. The summed E-state index contributed by atoms with van der Waals surface area (Å²) in [5, 5.41) is 2.81. The van der Waals surface area contributed by atoms with Crippen LogP contribution in [-0.2, 0) is 16.1 Å². The summed E-state index contributed by atoms with van der Waals surface area (Å²) in [7, 11) is 0. The molecule has 7 heteroatoms. The molecular weight excluding hydrogens is 312 g/mol. The van der Waals surface area contributed by atoms with Crippen LogP contribution in [-0.4, -0.2) is 32.9 Å². The van der Waals surface area contributed by atoms with E-state index in [9.17, 15) is 4.79 Å². The molecule has 1 aliphatic heterocycles. The molecule has 0 aromatic carbocycles. The fourth-order valence-corrected chi connectivity index (χ4v) is 3.62. The van der Waals surface area contributed by atoms with E-state index in [1.54, 1.807) is 17.5 Å². The van der Waals surface area contributed by atoms with E-state index in [0.717, 1.165) is 35.9 Å². The second kappa shape index (κ2) is 6.00. The molecular formula is C16H16N4O2S. The predicted octanol–water partition coefficient (Wildman–Crippen LogP) is 2.50. The molecule has 118 valence electrons. The van der Waals surface area contributed by atoms with Crippen molar-refractivity contribution in [3.8, 4) is 0 Å². The van der Waals surface area contributed by atoms with E-state index >= 15 is 0 Å². The molecule has 4 rings (SSSR count). The first-order chi connectivity index (χ1) is 11.3. The van der Waals surface area contributed by atoms with Gasteiger partial charge in [-0.1, -0.05) is 6.07 Å². The van der Waals surface area contributed by atoms with Gasteiger partial charge in [0.25, 0.3) is 0 Å². The molecule has 0 amide bonds. The van der Waals surface area contributed by atoms with Crippen molar-refractivity contribution in [1.82, 2.24) is 14.4 Å². The van der Waals surface area contributed by atoms with Gasteiger partial charge >= 0.3 is 5.97 Å². The SMILES string of the molecule is O=C(OCc1cn2ccccc2n1)[C@@H]1CCCN1c1nccs1. The maximum absolute atomic E-state index is 12.4. The summed E-state index contributed by atoms with van der Waals surface area (Å²) in [6.45, 7) is 1.05. The first-order valence-corrected chi connectivity index (χ1v) is 8.44. The van der Waals surface area contributed by atoms with Gasteiger partial charge in [-0.05, 0) is 25.0 Å². The van der Waals surface area contributed by atoms with E-state index < -0.39 is 0 Å². The van der Waals surface area contributed by atoms with Crippen molar-refractivity contribution < 1.29 is 9.53 Å². The van der Waals surface area contributed by atoms with Gasteiger partial charge in [-0.25, -0.2) is 14.8 Å². The van der Waals surface area contributed by atoms with Crippen LogP contribution in [0.3, 0.4) is 0 Å². The summed E-state index contributed by atoms with van der Waals surface area (Å²) in [6, 6.07) is 5.56. The Morgan fingerprint density at radius 1 is 1.43 bits per heavy atom. The Bertz CT molecular complexity index is 781. The average molecular weight is 328 g/mol. The van der Waals surface area contributed by atoms with Crippen LogP contribution in [0.15, 0.2) is 42.2 Å². The fraction of sp³-hybridized carbons (Fsp3) is 0.312. The van der Waals surface area contributed by atoms with Crippen LogP contribution >= 0.6 is 11.3 Å². The van der Waals surface area contributed by atoms with Gasteiger partial charge in [-0.2, -0.15) is 0 Å². The lowest BCUT2D eigenvalue weighted by Crippen LogP contribution is -2.37. The number of nitrogens with zero attached hydrogens (tertiary/aromatic N) is 4. The van der Waals surface area contributed by atoms with Crippen LogP contribution < -0.4 is 4.90 Å². The second-order valence-electron chi connectivity index (χ2n) is 5.47. The molecule has 4 heterocycles. The Labute approximate surface area is 137 Å².